The fourth-order valence-electron chi connectivity index (χ4n) is 3.64. The molecule has 33 heavy (non-hydrogen) atoms. The lowest BCUT2D eigenvalue weighted by Gasteiger charge is -2.20. The maximum Gasteiger partial charge on any atom is 0.291 e. The number of amides is 1. The fraction of sp³-hybridized carbons (Fsp3) is 0.261. The quantitative estimate of drug-likeness (QED) is 0.562. The summed E-state index contributed by atoms with van der Waals surface area (Å²) in [5.74, 6) is -0.821. The van der Waals surface area contributed by atoms with E-state index in [1.807, 2.05) is 0 Å². The van der Waals surface area contributed by atoms with Crippen molar-refractivity contribution >= 4 is 31.5 Å². The van der Waals surface area contributed by atoms with Crippen LogP contribution in [0.5, 0.6) is 0 Å². The zero-order valence-electron chi connectivity index (χ0n) is 17.8. The highest BCUT2D eigenvalue weighted by Crippen LogP contribution is 2.24. The normalized spacial score (nSPS) is 15.6. The molecule has 0 bridgehead atoms. The minimum Gasteiger partial charge on any atom is -0.439 e. The molecule has 2 aromatic carbocycles. The Morgan fingerprint density at radius 3 is 2.03 bits per heavy atom. The molecule has 1 aliphatic rings. The number of benzene rings is 2. The number of sulfone groups is 1. The van der Waals surface area contributed by atoms with Crippen molar-refractivity contribution in [2.24, 2.45) is 0 Å². The predicted octanol–water partition coefficient (Wildman–Crippen LogP) is 3.93. The van der Waals surface area contributed by atoms with Crippen molar-refractivity contribution < 1.29 is 26.0 Å². The lowest BCUT2D eigenvalue weighted by atomic mass is 10.2. The van der Waals surface area contributed by atoms with Crippen LogP contribution in [-0.4, -0.2) is 40.1 Å². The molecule has 0 unspecified atom stereocenters. The number of anilines is 1. The van der Waals surface area contributed by atoms with Crippen molar-refractivity contribution in [3.05, 3.63) is 72.5 Å². The average molecular weight is 489 g/mol. The van der Waals surface area contributed by atoms with Gasteiger partial charge >= 0.3 is 0 Å². The van der Waals surface area contributed by atoms with Crippen molar-refractivity contribution in [1.29, 1.82) is 0 Å². The Morgan fingerprint density at radius 1 is 0.758 bits per heavy atom. The van der Waals surface area contributed by atoms with Gasteiger partial charge in [-0.3, -0.25) is 4.79 Å². The van der Waals surface area contributed by atoms with E-state index in [9.17, 15) is 21.6 Å². The molecule has 174 valence electrons. The molecule has 0 aliphatic carbocycles. The van der Waals surface area contributed by atoms with E-state index < -0.39 is 25.8 Å². The first-order valence-corrected chi connectivity index (χ1v) is 13.5. The summed E-state index contributed by atoms with van der Waals surface area (Å²) >= 11 is 0. The van der Waals surface area contributed by atoms with E-state index in [1.165, 1.54) is 52.8 Å². The molecule has 4 rings (SSSR count). The minimum absolute atomic E-state index is 0.0625. The minimum atomic E-state index is -3.88. The highest BCUT2D eigenvalue weighted by atomic mass is 32.2. The van der Waals surface area contributed by atoms with Gasteiger partial charge in [0.2, 0.25) is 25.0 Å². The van der Waals surface area contributed by atoms with Gasteiger partial charge in [0.15, 0.2) is 5.76 Å². The number of nitrogens with one attached hydrogen (secondary N) is 1. The van der Waals surface area contributed by atoms with E-state index in [0.717, 1.165) is 25.7 Å². The molecule has 0 radical (unpaired) electrons. The molecule has 1 aromatic heterocycles. The Hall–Kier alpha value is -2.95. The van der Waals surface area contributed by atoms with Gasteiger partial charge in [0.25, 0.3) is 5.91 Å². The molecule has 10 heteroatoms. The van der Waals surface area contributed by atoms with E-state index in [4.69, 9.17) is 4.42 Å². The van der Waals surface area contributed by atoms with E-state index in [0.29, 0.717) is 18.8 Å². The third-order valence-electron chi connectivity index (χ3n) is 5.44. The van der Waals surface area contributed by atoms with Crippen LogP contribution in [0.4, 0.5) is 5.69 Å². The number of carbonyl (C=O) groups is 1. The Bertz CT molecular complexity index is 1320. The molecule has 1 aliphatic heterocycles. The van der Waals surface area contributed by atoms with Crippen LogP contribution in [0, 0.1) is 0 Å². The standard InChI is InChI=1S/C23H24N2O6S2/c26-23(21-14-15-22(31-21)32(27,28)19-8-4-3-5-9-19)24-18-10-12-20(13-11-18)33(29,30)25-16-6-1-2-7-17-25/h3-5,8-15H,1-2,6-7,16-17H2,(H,24,26). The molecule has 1 fully saturated rings. The topological polar surface area (TPSA) is 114 Å². The number of nitrogens with zero attached hydrogens (tertiary/aromatic N) is 1. The van der Waals surface area contributed by atoms with Gasteiger partial charge < -0.3 is 9.73 Å². The number of hydrogen-bond acceptors (Lipinski definition) is 6. The summed E-state index contributed by atoms with van der Waals surface area (Å²) in [5, 5.41) is 2.26. The number of hydrogen-bond donors (Lipinski definition) is 1. The lowest BCUT2D eigenvalue weighted by Crippen LogP contribution is -2.31. The first-order valence-electron chi connectivity index (χ1n) is 10.6. The third kappa shape index (κ3) is 5.02. The van der Waals surface area contributed by atoms with Crippen molar-refractivity contribution in [3.8, 4) is 0 Å². The monoisotopic (exact) mass is 488 g/mol. The van der Waals surface area contributed by atoms with Crippen LogP contribution in [0.2, 0.25) is 0 Å². The third-order valence-corrected chi connectivity index (χ3v) is 8.99. The van der Waals surface area contributed by atoms with E-state index in [1.54, 1.807) is 18.2 Å². The number of rotatable bonds is 6. The van der Waals surface area contributed by atoms with Crippen molar-refractivity contribution in [2.75, 3.05) is 18.4 Å². The molecule has 1 saturated heterocycles. The van der Waals surface area contributed by atoms with E-state index in [-0.39, 0.29) is 20.6 Å². The van der Waals surface area contributed by atoms with Gasteiger partial charge in [0, 0.05) is 18.8 Å². The summed E-state index contributed by atoms with van der Waals surface area (Å²) in [6, 6.07) is 16.2. The Balaban J connectivity index is 1.46. The van der Waals surface area contributed by atoms with Crippen molar-refractivity contribution in [3.63, 3.8) is 0 Å². The molecule has 2 heterocycles. The molecule has 1 N–H and O–H groups in total. The lowest BCUT2D eigenvalue weighted by molar-refractivity contribution is 0.0991. The van der Waals surface area contributed by atoms with Crippen LogP contribution in [0.15, 0.2) is 86.0 Å². The van der Waals surface area contributed by atoms with Crippen LogP contribution in [0.25, 0.3) is 0 Å². The maximum atomic E-state index is 12.9. The molecule has 0 atom stereocenters. The maximum absolute atomic E-state index is 12.9. The molecule has 1 amide bonds. The summed E-state index contributed by atoms with van der Waals surface area (Å²) in [5.41, 5.74) is 0.360. The SMILES string of the molecule is O=C(Nc1ccc(S(=O)(=O)N2CCCCCC2)cc1)c1ccc(S(=O)(=O)c2ccccc2)o1. The van der Waals surface area contributed by atoms with Gasteiger partial charge in [0.1, 0.15) is 0 Å². The zero-order valence-corrected chi connectivity index (χ0v) is 19.4. The van der Waals surface area contributed by atoms with Crippen LogP contribution in [0.1, 0.15) is 36.2 Å². The number of sulfonamides is 1. The Morgan fingerprint density at radius 2 is 1.39 bits per heavy atom. The van der Waals surface area contributed by atoms with Gasteiger partial charge in [-0.1, -0.05) is 31.0 Å². The van der Waals surface area contributed by atoms with Gasteiger partial charge in [-0.15, -0.1) is 0 Å². The summed E-state index contributed by atoms with van der Waals surface area (Å²) in [4.78, 5) is 12.8. The molecule has 0 saturated carbocycles. The van der Waals surface area contributed by atoms with Crippen LogP contribution < -0.4 is 5.32 Å². The molecular formula is C23H24N2O6S2. The van der Waals surface area contributed by atoms with E-state index >= 15 is 0 Å². The Labute approximate surface area is 193 Å². The average Bonchev–Trinajstić information content (AvgIpc) is 3.16. The fourth-order valence-corrected chi connectivity index (χ4v) is 6.35. The second-order valence-corrected chi connectivity index (χ2v) is 11.6. The van der Waals surface area contributed by atoms with Crippen LogP contribution in [0.3, 0.4) is 0 Å². The molecule has 0 spiro atoms. The summed E-state index contributed by atoms with van der Waals surface area (Å²) in [6.45, 7) is 1.01. The van der Waals surface area contributed by atoms with Gasteiger partial charge in [-0.05, 0) is 61.4 Å². The van der Waals surface area contributed by atoms with Gasteiger partial charge in [0.05, 0.1) is 9.79 Å². The molecule has 3 aromatic rings. The largest absolute Gasteiger partial charge is 0.439 e. The highest BCUT2D eigenvalue weighted by Gasteiger charge is 2.26. The second-order valence-electron chi connectivity index (χ2n) is 7.73. The number of furan rings is 1. The number of carbonyl (C=O) groups excluding carboxylic acids is 1. The van der Waals surface area contributed by atoms with Gasteiger partial charge in [-0.25, -0.2) is 16.8 Å². The van der Waals surface area contributed by atoms with Crippen molar-refractivity contribution in [2.45, 2.75) is 40.6 Å². The first-order chi connectivity index (χ1) is 15.8. The van der Waals surface area contributed by atoms with E-state index in [2.05, 4.69) is 5.32 Å². The second kappa shape index (κ2) is 9.50. The predicted molar refractivity (Wildman–Crippen MR) is 122 cm³/mol. The molecule has 8 nitrogen and oxygen atoms in total. The highest BCUT2D eigenvalue weighted by molar-refractivity contribution is 7.91. The molecular weight excluding hydrogens is 464 g/mol. The van der Waals surface area contributed by atoms with Crippen molar-refractivity contribution in [1.82, 2.24) is 4.31 Å². The summed E-state index contributed by atoms with van der Waals surface area (Å²) in [7, 11) is -7.46. The smallest absolute Gasteiger partial charge is 0.291 e. The Kier molecular flexibility index (Phi) is 6.68. The van der Waals surface area contributed by atoms with Crippen LogP contribution >= 0.6 is 0 Å². The summed E-state index contributed by atoms with van der Waals surface area (Å²) in [6.07, 6.45) is 3.74. The summed E-state index contributed by atoms with van der Waals surface area (Å²) < 4.78 is 57.8. The zero-order chi connectivity index (χ0) is 23.5. The first kappa shape index (κ1) is 23.2. The van der Waals surface area contributed by atoms with Gasteiger partial charge in [-0.2, -0.15) is 4.31 Å². The van der Waals surface area contributed by atoms with Crippen LogP contribution in [-0.2, 0) is 19.9 Å².